The monoisotopic (exact) mass is 598 g/mol. The van der Waals surface area contributed by atoms with Gasteiger partial charge in [-0.15, -0.1) is 0 Å². The number of ether oxygens (including phenoxy) is 4. The van der Waals surface area contributed by atoms with Crippen molar-refractivity contribution in [2.75, 3.05) is 0 Å². The number of carbonyl (C=O) groups is 4. The summed E-state index contributed by atoms with van der Waals surface area (Å²) >= 11 is 17.9. The SMILES string of the molecule is N=C(N)OC(=S)NC(=O)C(=O)NC(=S)OC(=N)N.N=C(N)OC(=S)NC(=O)CC(=O)NC(=S)OC(=N)N. The molecule has 0 spiro atoms. The molecule has 0 radical (unpaired) electrons. The number of amidine groups is 4. The van der Waals surface area contributed by atoms with Crippen LogP contribution in [-0.4, -0.2) is 68.4 Å². The van der Waals surface area contributed by atoms with E-state index < -0.39 is 74.8 Å². The minimum absolute atomic E-state index is 0.465. The molecule has 0 aromatic carbocycles. The Morgan fingerprint density at radius 3 is 0.946 bits per heavy atom. The van der Waals surface area contributed by atoms with E-state index in [2.05, 4.69) is 67.8 Å². The van der Waals surface area contributed by atoms with Gasteiger partial charge in [0, 0.05) is 0 Å². The Labute approximate surface area is 227 Å². The molecule has 0 aliphatic rings. The van der Waals surface area contributed by atoms with E-state index in [1.54, 1.807) is 0 Å². The Morgan fingerprint density at radius 1 is 0.514 bits per heavy atom. The molecule has 0 rings (SSSR count). The number of amides is 4. The Morgan fingerprint density at radius 2 is 0.730 bits per heavy atom. The highest BCUT2D eigenvalue weighted by Crippen LogP contribution is 1.86. The Bertz CT molecular complexity index is 969. The van der Waals surface area contributed by atoms with Crippen LogP contribution in [0.3, 0.4) is 0 Å². The molecule has 24 heteroatoms. The van der Waals surface area contributed by atoms with E-state index in [4.69, 9.17) is 44.6 Å². The maximum absolute atomic E-state index is 11.2. The summed E-state index contributed by atoms with van der Waals surface area (Å²) in [7, 11) is 0. The molecule has 0 aromatic heterocycles. The van der Waals surface area contributed by atoms with Crippen molar-refractivity contribution in [2.45, 2.75) is 6.42 Å². The third kappa shape index (κ3) is 21.6. The van der Waals surface area contributed by atoms with Crippen molar-refractivity contribution in [3.63, 3.8) is 0 Å². The third-order valence-electron chi connectivity index (χ3n) is 2.25. The summed E-state index contributed by atoms with van der Waals surface area (Å²) in [6.07, 6.45) is -0.636. The molecule has 0 saturated heterocycles. The second-order valence-corrected chi connectivity index (χ2v) is 6.68. The summed E-state index contributed by atoms with van der Waals surface area (Å²) in [5, 5.41) is 32.4. The van der Waals surface area contributed by atoms with Crippen molar-refractivity contribution in [2.24, 2.45) is 22.9 Å². The van der Waals surface area contributed by atoms with Crippen molar-refractivity contribution in [1.29, 1.82) is 21.6 Å². The molecule has 4 amide bonds. The van der Waals surface area contributed by atoms with Crippen molar-refractivity contribution in [3.05, 3.63) is 0 Å². The van der Waals surface area contributed by atoms with E-state index >= 15 is 0 Å². The molecule has 0 unspecified atom stereocenters. The average molecular weight is 599 g/mol. The minimum atomic E-state index is -1.23. The number of nitrogens with one attached hydrogen (secondary N) is 8. The van der Waals surface area contributed by atoms with Crippen LogP contribution in [0.25, 0.3) is 0 Å². The van der Waals surface area contributed by atoms with Crippen LogP contribution in [-0.2, 0) is 38.1 Å². The summed E-state index contributed by atoms with van der Waals surface area (Å²) in [6, 6.07) is -2.91. The van der Waals surface area contributed by atoms with Gasteiger partial charge in [-0.05, 0) is 48.9 Å². The Kier molecular flexibility index (Phi) is 16.5. The van der Waals surface area contributed by atoms with Gasteiger partial charge >= 0.3 is 11.8 Å². The van der Waals surface area contributed by atoms with Gasteiger partial charge in [0.25, 0.3) is 44.8 Å². The van der Waals surface area contributed by atoms with Gasteiger partial charge in [-0.2, -0.15) is 0 Å². The van der Waals surface area contributed by atoms with Crippen LogP contribution in [0, 0.1) is 21.6 Å². The number of hydrogen-bond acceptors (Lipinski definition) is 16. The van der Waals surface area contributed by atoms with E-state index in [9.17, 15) is 19.2 Å². The molecule has 16 N–H and O–H groups in total. The summed E-state index contributed by atoms with van der Waals surface area (Å²) < 4.78 is 17.3. The maximum atomic E-state index is 11.2. The zero-order chi connectivity index (χ0) is 29.3. The molecule has 0 bridgehead atoms. The highest BCUT2D eigenvalue weighted by molar-refractivity contribution is 7.80. The fourth-order valence-corrected chi connectivity index (χ4v) is 2.03. The molecule has 0 heterocycles. The largest absolute Gasteiger partial charge is 0.399 e. The van der Waals surface area contributed by atoms with Crippen molar-refractivity contribution < 1.29 is 38.1 Å². The first kappa shape index (κ1) is 34.5. The molecule has 0 aliphatic carbocycles. The Balaban J connectivity index is 0. The summed E-state index contributed by atoms with van der Waals surface area (Å²) in [5.41, 5.74) is 19.4. The lowest BCUT2D eigenvalue weighted by molar-refractivity contribution is -0.137. The van der Waals surface area contributed by atoms with Gasteiger partial charge in [-0.25, -0.2) is 0 Å². The van der Waals surface area contributed by atoms with E-state index in [-0.39, 0.29) is 0 Å². The number of nitrogens with two attached hydrogens (primary N) is 4. The highest BCUT2D eigenvalue weighted by Gasteiger charge is 2.18. The van der Waals surface area contributed by atoms with E-state index in [0.717, 1.165) is 0 Å². The van der Waals surface area contributed by atoms with Crippen LogP contribution in [0.15, 0.2) is 0 Å². The second kappa shape index (κ2) is 17.7. The average Bonchev–Trinajstić information content (AvgIpc) is 2.64. The van der Waals surface area contributed by atoms with Crippen LogP contribution in [0.4, 0.5) is 0 Å². The first-order valence-electron chi connectivity index (χ1n) is 8.38. The topological polar surface area (TPSA) is 353 Å². The fraction of sp³-hybridized carbons (Fsp3) is 0.0769. The Hall–Kier alpha value is -4.68. The fourth-order valence-electron chi connectivity index (χ4n) is 1.26. The first-order valence-corrected chi connectivity index (χ1v) is 10.0. The normalized spacial score (nSPS) is 8.76. The van der Waals surface area contributed by atoms with Gasteiger partial charge in [-0.1, -0.05) is 0 Å². The summed E-state index contributed by atoms with van der Waals surface area (Å²) in [4.78, 5) is 44.8. The molecule has 0 fully saturated rings. The molecule has 37 heavy (non-hydrogen) atoms. The number of hydrogen-bond donors (Lipinski definition) is 12. The van der Waals surface area contributed by atoms with Crippen molar-refractivity contribution in [1.82, 2.24) is 21.3 Å². The van der Waals surface area contributed by atoms with Crippen molar-refractivity contribution >= 4 is 117 Å². The quantitative estimate of drug-likeness (QED) is 0.0469. The van der Waals surface area contributed by atoms with Gasteiger partial charge < -0.3 is 41.9 Å². The zero-order valence-corrected chi connectivity index (χ0v) is 21.2. The summed E-state index contributed by atoms with van der Waals surface area (Å²) in [5.74, 6) is -4.07. The van der Waals surface area contributed by atoms with Crippen LogP contribution in [0.2, 0.25) is 0 Å². The molecule has 0 aliphatic heterocycles. The molecule has 202 valence electrons. The van der Waals surface area contributed by atoms with Gasteiger partial charge in [-0.3, -0.25) is 62.1 Å². The smallest absolute Gasteiger partial charge is 0.317 e. The predicted molar refractivity (Wildman–Crippen MR) is 140 cm³/mol. The van der Waals surface area contributed by atoms with E-state index in [0.29, 0.717) is 0 Å². The van der Waals surface area contributed by atoms with Gasteiger partial charge in [0.15, 0.2) is 0 Å². The molecule has 0 aromatic rings. The minimum Gasteiger partial charge on any atom is -0.399 e. The molecular formula is C13H18N12O8S4. The predicted octanol–water partition coefficient (Wildman–Crippen LogP) is -4.39. The zero-order valence-electron chi connectivity index (χ0n) is 17.9. The molecular weight excluding hydrogens is 580 g/mol. The number of thiocarbonyl (C=S) groups is 4. The van der Waals surface area contributed by atoms with Crippen LogP contribution >= 0.6 is 48.9 Å². The third-order valence-corrected chi connectivity index (χ3v) is 2.99. The first-order chi connectivity index (χ1) is 16.9. The lowest BCUT2D eigenvalue weighted by atomic mass is 10.4. The second-order valence-electron chi connectivity index (χ2n) is 5.20. The van der Waals surface area contributed by atoms with Gasteiger partial charge in [0.1, 0.15) is 6.42 Å². The molecule has 20 nitrogen and oxygen atoms in total. The number of rotatable bonds is 2. The van der Waals surface area contributed by atoms with Crippen molar-refractivity contribution in [3.8, 4) is 0 Å². The van der Waals surface area contributed by atoms with E-state index in [1.807, 2.05) is 21.3 Å². The lowest BCUT2D eigenvalue weighted by Gasteiger charge is -2.07. The van der Waals surface area contributed by atoms with Crippen LogP contribution in [0.5, 0.6) is 0 Å². The highest BCUT2D eigenvalue weighted by atomic mass is 32.1. The van der Waals surface area contributed by atoms with Gasteiger partial charge in [0.2, 0.25) is 11.8 Å². The maximum Gasteiger partial charge on any atom is 0.317 e. The van der Waals surface area contributed by atoms with Crippen LogP contribution < -0.4 is 44.2 Å². The molecule has 0 atom stereocenters. The lowest BCUT2D eigenvalue weighted by Crippen LogP contribution is -2.46. The van der Waals surface area contributed by atoms with Crippen LogP contribution in [0.1, 0.15) is 6.42 Å². The standard InChI is InChI=1S/C7H10N6O4S2.C6H8N6O4S2/c8-4(9)16-6(18)12-2(14)1-3(15)13-7(19)17-5(10)11;7-3(8)15-5(17)11-1(13)2(14)12-6(18)16-4(9)10/h1H2,(H3,8,9)(H3,10,11)(H,12,14,18)(H,13,15,19);(H3,7,8)(H3,9,10)(H,11,13,17)(H,12,14,18). The number of carbonyl (C=O) groups excluding carboxylic acids is 4. The van der Waals surface area contributed by atoms with Gasteiger partial charge in [0.05, 0.1) is 0 Å². The summed E-state index contributed by atoms with van der Waals surface area (Å²) in [6.45, 7) is 0. The van der Waals surface area contributed by atoms with E-state index in [1.165, 1.54) is 0 Å². The molecule has 0 saturated carbocycles.